The zero-order chi connectivity index (χ0) is 20.5. The molecule has 2 saturated heterocycles. The van der Waals surface area contributed by atoms with Crippen molar-refractivity contribution in [2.75, 3.05) is 50.8 Å². The minimum absolute atomic E-state index is 0.232. The molecule has 2 heterocycles. The Kier molecular flexibility index (Phi) is 8.31. The van der Waals surface area contributed by atoms with Gasteiger partial charge in [-0.3, -0.25) is 9.69 Å². The standard InChI is InChI=1S/C22H35N5O2/c1-3-23-22(24-16-18(2)26-12-14-29-15-13-26)25-17-19-7-9-20(10-8-19)27-11-5-4-6-21(27)28/h7-10,18H,3-6,11-17H2,1-2H3,(H2,23,24,25). The van der Waals surface area contributed by atoms with Gasteiger partial charge in [0.25, 0.3) is 0 Å². The van der Waals surface area contributed by atoms with Crippen molar-refractivity contribution in [2.24, 2.45) is 4.99 Å². The first-order valence-electron chi connectivity index (χ1n) is 10.9. The fourth-order valence-electron chi connectivity index (χ4n) is 3.76. The highest BCUT2D eigenvalue weighted by molar-refractivity contribution is 5.93. The van der Waals surface area contributed by atoms with Crippen molar-refractivity contribution in [3.8, 4) is 0 Å². The lowest BCUT2D eigenvalue weighted by Crippen LogP contribution is -2.49. The van der Waals surface area contributed by atoms with Crippen LogP contribution in [0.3, 0.4) is 0 Å². The van der Waals surface area contributed by atoms with E-state index in [1.165, 1.54) is 0 Å². The second kappa shape index (κ2) is 11.2. The third-order valence-corrected chi connectivity index (χ3v) is 5.57. The molecule has 1 unspecified atom stereocenters. The Hall–Kier alpha value is -2.12. The number of nitrogens with one attached hydrogen (secondary N) is 2. The highest BCUT2D eigenvalue weighted by Crippen LogP contribution is 2.21. The first kappa shape index (κ1) is 21.6. The van der Waals surface area contributed by atoms with Gasteiger partial charge in [0, 0.05) is 50.9 Å². The summed E-state index contributed by atoms with van der Waals surface area (Å²) in [6.45, 7) is 11.0. The Bertz CT molecular complexity index is 670. The van der Waals surface area contributed by atoms with E-state index in [0.29, 0.717) is 19.0 Å². The Balaban J connectivity index is 1.53. The van der Waals surface area contributed by atoms with E-state index >= 15 is 0 Å². The molecule has 0 bridgehead atoms. The lowest BCUT2D eigenvalue weighted by molar-refractivity contribution is -0.119. The van der Waals surface area contributed by atoms with Crippen molar-refractivity contribution in [3.63, 3.8) is 0 Å². The molecule has 1 amide bonds. The van der Waals surface area contributed by atoms with Crippen LogP contribution in [0.4, 0.5) is 5.69 Å². The Morgan fingerprint density at radius 2 is 1.90 bits per heavy atom. The van der Waals surface area contributed by atoms with Gasteiger partial charge in [-0.1, -0.05) is 12.1 Å². The van der Waals surface area contributed by atoms with Crippen molar-refractivity contribution in [1.29, 1.82) is 0 Å². The zero-order valence-electron chi connectivity index (χ0n) is 17.8. The zero-order valence-corrected chi connectivity index (χ0v) is 17.8. The van der Waals surface area contributed by atoms with Crippen molar-refractivity contribution >= 4 is 17.6 Å². The van der Waals surface area contributed by atoms with E-state index in [-0.39, 0.29) is 5.91 Å². The normalized spacial score (nSPS) is 19.9. The van der Waals surface area contributed by atoms with Gasteiger partial charge >= 0.3 is 0 Å². The number of hydrogen-bond donors (Lipinski definition) is 2. The minimum atomic E-state index is 0.232. The van der Waals surface area contributed by atoms with Crippen LogP contribution in [0.1, 0.15) is 38.7 Å². The van der Waals surface area contributed by atoms with Crippen molar-refractivity contribution < 1.29 is 9.53 Å². The first-order chi connectivity index (χ1) is 14.2. The number of benzene rings is 1. The molecule has 29 heavy (non-hydrogen) atoms. The number of morpholine rings is 1. The van der Waals surface area contributed by atoms with Crippen molar-refractivity contribution in [2.45, 2.75) is 45.7 Å². The second-order valence-electron chi connectivity index (χ2n) is 7.74. The third-order valence-electron chi connectivity index (χ3n) is 5.57. The topological polar surface area (TPSA) is 69.2 Å². The number of ether oxygens (including phenoxy) is 1. The Morgan fingerprint density at radius 1 is 1.14 bits per heavy atom. The van der Waals surface area contributed by atoms with Gasteiger partial charge in [-0.25, -0.2) is 4.99 Å². The number of rotatable bonds is 7. The number of hydrogen-bond acceptors (Lipinski definition) is 4. The molecule has 7 nitrogen and oxygen atoms in total. The van der Waals surface area contributed by atoms with Crippen molar-refractivity contribution in [1.82, 2.24) is 15.5 Å². The molecule has 2 aliphatic rings. The van der Waals surface area contributed by atoms with Gasteiger partial charge in [-0.2, -0.15) is 0 Å². The number of carbonyl (C=O) groups is 1. The molecule has 3 rings (SSSR count). The lowest BCUT2D eigenvalue weighted by Gasteiger charge is -2.32. The average molecular weight is 402 g/mol. The fraction of sp³-hybridized carbons (Fsp3) is 0.636. The van der Waals surface area contributed by atoms with Gasteiger partial charge in [0.2, 0.25) is 5.91 Å². The summed E-state index contributed by atoms with van der Waals surface area (Å²) in [5.41, 5.74) is 2.13. The molecule has 160 valence electrons. The van der Waals surface area contributed by atoms with Gasteiger partial charge in [0.15, 0.2) is 5.96 Å². The second-order valence-corrected chi connectivity index (χ2v) is 7.74. The number of piperidine rings is 1. The minimum Gasteiger partial charge on any atom is -0.379 e. The van der Waals surface area contributed by atoms with E-state index in [2.05, 4.69) is 41.5 Å². The molecule has 0 radical (unpaired) electrons. The maximum atomic E-state index is 12.1. The quantitative estimate of drug-likeness (QED) is 0.540. The number of nitrogens with zero attached hydrogens (tertiary/aromatic N) is 3. The van der Waals surface area contributed by atoms with Crippen LogP contribution < -0.4 is 15.5 Å². The summed E-state index contributed by atoms with van der Waals surface area (Å²) in [5, 5.41) is 6.78. The number of aliphatic imine (C=N–C) groups is 1. The highest BCUT2D eigenvalue weighted by atomic mass is 16.5. The van der Waals surface area contributed by atoms with Crippen LogP contribution in [0.2, 0.25) is 0 Å². The number of amides is 1. The number of carbonyl (C=O) groups excluding carboxylic acids is 1. The first-order valence-corrected chi connectivity index (χ1v) is 10.9. The molecule has 0 spiro atoms. The lowest BCUT2D eigenvalue weighted by atomic mass is 10.1. The molecule has 0 saturated carbocycles. The molecule has 7 heteroatoms. The van der Waals surface area contributed by atoms with E-state index < -0.39 is 0 Å². The molecule has 0 aromatic heterocycles. The van der Waals surface area contributed by atoms with Crippen molar-refractivity contribution in [3.05, 3.63) is 29.8 Å². The summed E-state index contributed by atoms with van der Waals surface area (Å²) in [6.07, 6.45) is 2.75. The number of guanidine groups is 1. The molecule has 0 aliphatic carbocycles. The molecular weight excluding hydrogens is 366 g/mol. The maximum absolute atomic E-state index is 12.1. The Morgan fingerprint density at radius 3 is 2.59 bits per heavy atom. The van der Waals surface area contributed by atoms with Crippen LogP contribution in [-0.2, 0) is 16.1 Å². The van der Waals surface area contributed by atoms with Gasteiger partial charge in [0.05, 0.1) is 19.8 Å². The van der Waals surface area contributed by atoms with Gasteiger partial charge in [-0.05, 0) is 44.4 Å². The van der Waals surface area contributed by atoms with Crippen LogP contribution in [-0.4, -0.2) is 68.7 Å². The summed E-state index contributed by atoms with van der Waals surface area (Å²) in [6, 6.07) is 8.65. The molecule has 1 aromatic carbocycles. The monoisotopic (exact) mass is 401 g/mol. The number of anilines is 1. The van der Waals surface area contributed by atoms with Gasteiger partial charge in [0.1, 0.15) is 0 Å². The predicted molar refractivity (Wildman–Crippen MR) is 117 cm³/mol. The summed E-state index contributed by atoms with van der Waals surface area (Å²) in [7, 11) is 0. The molecule has 1 aromatic rings. The van der Waals surface area contributed by atoms with E-state index in [4.69, 9.17) is 9.73 Å². The maximum Gasteiger partial charge on any atom is 0.226 e. The molecular formula is C22H35N5O2. The highest BCUT2D eigenvalue weighted by Gasteiger charge is 2.19. The molecule has 2 aliphatic heterocycles. The van der Waals surface area contributed by atoms with Crippen LogP contribution in [0.25, 0.3) is 0 Å². The average Bonchev–Trinajstić information content (AvgIpc) is 2.77. The van der Waals surface area contributed by atoms with E-state index in [1.54, 1.807) is 0 Å². The van der Waals surface area contributed by atoms with Crippen LogP contribution >= 0.6 is 0 Å². The molecule has 2 N–H and O–H groups in total. The fourth-order valence-corrected chi connectivity index (χ4v) is 3.76. The Labute approximate surface area is 174 Å². The van der Waals surface area contributed by atoms with E-state index in [1.807, 2.05) is 17.0 Å². The smallest absolute Gasteiger partial charge is 0.226 e. The summed E-state index contributed by atoms with van der Waals surface area (Å²) >= 11 is 0. The summed E-state index contributed by atoms with van der Waals surface area (Å²) < 4.78 is 5.43. The summed E-state index contributed by atoms with van der Waals surface area (Å²) in [4.78, 5) is 21.2. The van der Waals surface area contributed by atoms with Crippen LogP contribution in [0, 0.1) is 0 Å². The van der Waals surface area contributed by atoms with E-state index in [0.717, 1.165) is 76.0 Å². The summed E-state index contributed by atoms with van der Waals surface area (Å²) in [5.74, 6) is 1.07. The molecule has 2 fully saturated rings. The largest absolute Gasteiger partial charge is 0.379 e. The van der Waals surface area contributed by atoms with Gasteiger partial charge in [-0.15, -0.1) is 0 Å². The van der Waals surface area contributed by atoms with Crippen LogP contribution in [0.5, 0.6) is 0 Å². The van der Waals surface area contributed by atoms with Gasteiger partial charge < -0.3 is 20.3 Å². The SMILES string of the molecule is CCNC(=NCc1ccc(N2CCCCC2=O)cc1)NCC(C)N1CCOCC1. The van der Waals surface area contributed by atoms with E-state index in [9.17, 15) is 4.79 Å². The molecule has 1 atom stereocenters. The van der Waals surface area contributed by atoms with Crippen LogP contribution in [0.15, 0.2) is 29.3 Å². The third kappa shape index (κ3) is 6.44. The predicted octanol–water partition coefficient (Wildman–Crippen LogP) is 1.98.